The number of amides is 1. The maximum Gasteiger partial charge on any atom is 0.435 e. The van der Waals surface area contributed by atoms with Crippen molar-refractivity contribution in [2.45, 2.75) is 6.18 Å². The molecule has 1 N–H and O–H groups in total. The van der Waals surface area contributed by atoms with E-state index in [4.69, 9.17) is 0 Å². The summed E-state index contributed by atoms with van der Waals surface area (Å²) >= 11 is 0. The fourth-order valence-electron chi connectivity index (χ4n) is 2.43. The largest absolute Gasteiger partial charge is 0.465 e. The molecule has 0 fully saturated rings. The number of carbonyl (C=O) groups is 2. The van der Waals surface area contributed by atoms with Gasteiger partial charge in [0.25, 0.3) is 5.91 Å². The van der Waals surface area contributed by atoms with Crippen LogP contribution in [0.1, 0.15) is 26.4 Å². The number of methoxy groups -OCH3 is 1. The van der Waals surface area contributed by atoms with Crippen LogP contribution in [0.15, 0.2) is 60.8 Å². The summed E-state index contributed by atoms with van der Waals surface area (Å²) in [5, 5.41) is 6.12. The van der Waals surface area contributed by atoms with Crippen LogP contribution in [0.5, 0.6) is 0 Å². The van der Waals surface area contributed by atoms with Gasteiger partial charge in [-0.2, -0.15) is 18.3 Å². The predicted octanol–water partition coefficient (Wildman–Crippen LogP) is 3.93. The fraction of sp³-hybridized carbons (Fsp3) is 0.105. The molecule has 0 atom stereocenters. The molecule has 28 heavy (non-hydrogen) atoms. The van der Waals surface area contributed by atoms with E-state index in [1.165, 1.54) is 43.6 Å². The monoisotopic (exact) mass is 389 g/mol. The van der Waals surface area contributed by atoms with E-state index >= 15 is 0 Å². The number of nitrogens with one attached hydrogen (secondary N) is 1. The SMILES string of the molecule is COC(=O)c1cccc(NC(=O)c2ccc(-n3ccc(C(F)(F)F)n3)cc2)c1. The minimum atomic E-state index is -4.52. The van der Waals surface area contributed by atoms with Gasteiger partial charge in [-0.15, -0.1) is 0 Å². The summed E-state index contributed by atoms with van der Waals surface area (Å²) < 4.78 is 43.6. The lowest BCUT2D eigenvalue weighted by molar-refractivity contribution is -0.141. The number of carbonyl (C=O) groups excluding carboxylic acids is 2. The molecule has 0 radical (unpaired) electrons. The Balaban J connectivity index is 1.74. The fourth-order valence-corrected chi connectivity index (χ4v) is 2.43. The second-order valence-corrected chi connectivity index (χ2v) is 5.72. The van der Waals surface area contributed by atoms with Gasteiger partial charge in [0.1, 0.15) is 0 Å². The molecule has 0 aliphatic heterocycles. The van der Waals surface area contributed by atoms with Crippen molar-refractivity contribution in [2.75, 3.05) is 12.4 Å². The quantitative estimate of drug-likeness (QED) is 0.687. The Hall–Kier alpha value is -3.62. The van der Waals surface area contributed by atoms with Crippen LogP contribution in [0.2, 0.25) is 0 Å². The number of benzene rings is 2. The molecule has 0 spiro atoms. The smallest absolute Gasteiger partial charge is 0.435 e. The van der Waals surface area contributed by atoms with Crippen molar-refractivity contribution in [3.8, 4) is 5.69 Å². The molecule has 0 aliphatic carbocycles. The number of halogens is 3. The minimum absolute atomic E-state index is 0.287. The van der Waals surface area contributed by atoms with E-state index in [0.29, 0.717) is 11.4 Å². The highest BCUT2D eigenvalue weighted by Crippen LogP contribution is 2.27. The summed E-state index contributed by atoms with van der Waals surface area (Å²) in [5.74, 6) is -0.970. The Kier molecular flexibility index (Phi) is 5.16. The van der Waals surface area contributed by atoms with Crippen molar-refractivity contribution in [1.29, 1.82) is 0 Å². The summed E-state index contributed by atoms with van der Waals surface area (Å²) in [7, 11) is 1.26. The Morgan fingerprint density at radius 1 is 1.04 bits per heavy atom. The van der Waals surface area contributed by atoms with Crippen molar-refractivity contribution >= 4 is 17.6 Å². The lowest BCUT2D eigenvalue weighted by Gasteiger charge is -2.08. The molecule has 1 aromatic heterocycles. The van der Waals surface area contributed by atoms with Gasteiger partial charge >= 0.3 is 12.1 Å². The summed E-state index contributed by atoms with van der Waals surface area (Å²) in [4.78, 5) is 23.9. The zero-order valence-electron chi connectivity index (χ0n) is 14.5. The third kappa shape index (κ3) is 4.20. The van der Waals surface area contributed by atoms with Crippen LogP contribution in [0.4, 0.5) is 18.9 Å². The summed E-state index contributed by atoms with van der Waals surface area (Å²) in [6, 6.07) is 13.0. The molecule has 0 unspecified atom stereocenters. The van der Waals surface area contributed by atoms with Crippen LogP contribution >= 0.6 is 0 Å². The molecular formula is C19H14F3N3O3. The zero-order chi connectivity index (χ0) is 20.3. The molecule has 0 saturated heterocycles. The van der Waals surface area contributed by atoms with Gasteiger partial charge in [-0.1, -0.05) is 6.07 Å². The Bertz CT molecular complexity index is 1010. The van der Waals surface area contributed by atoms with Crippen LogP contribution in [-0.2, 0) is 10.9 Å². The molecule has 144 valence electrons. The number of alkyl halides is 3. The van der Waals surface area contributed by atoms with Crippen LogP contribution < -0.4 is 5.32 Å². The summed E-state index contributed by atoms with van der Waals surface area (Å²) in [6.45, 7) is 0. The number of anilines is 1. The topological polar surface area (TPSA) is 73.2 Å². The predicted molar refractivity (Wildman–Crippen MR) is 94.3 cm³/mol. The Morgan fingerprint density at radius 2 is 1.75 bits per heavy atom. The third-order valence-corrected chi connectivity index (χ3v) is 3.82. The first-order valence-corrected chi connectivity index (χ1v) is 8.01. The normalized spacial score (nSPS) is 11.1. The summed E-state index contributed by atoms with van der Waals surface area (Å²) in [5.41, 5.74) is 0.351. The molecular weight excluding hydrogens is 375 g/mol. The minimum Gasteiger partial charge on any atom is -0.465 e. The number of aromatic nitrogens is 2. The molecule has 1 amide bonds. The van der Waals surface area contributed by atoms with Crippen LogP contribution in [0, 0.1) is 0 Å². The molecule has 1 heterocycles. The van der Waals surface area contributed by atoms with E-state index in [-0.39, 0.29) is 11.1 Å². The second-order valence-electron chi connectivity index (χ2n) is 5.72. The molecule has 9 heteroatoms. The molecule has 6 nitrogen and oxygen atoms in total. The van der Waals surface area contributed by atoms with Crippen LogP contribution in [0.3, 0.4) is 0 Å². The van der Waals surface area contributed by atoms with Crippen molar-refractivity contribution < 1.29 is 27.5 Å². The second kappa shape index (κ2) is 7.55. The van der Waals surface area contributed by atoms with Gasteiger partial charge in [0, 0.05) is 17.4 Å². The number of ether oxygens (including phenoxy) is 1. The van der Waals surface area contributed by atoms with Crippen molar-refractivity contribution in [3.63, 3.8) is 0 Å². The number of hydrogen-bond acceptors (Lipinski definition) is 4. The van der Waals surface area contributed by atoms with Gasteiger partial charge in [-0.25, -0.2) is 9.48 Å². The van der Waals surface area contributed by atoms with Gasteiger partial charge in [-0.3, -0.25) is 4.79 Å². The first-order valence-electron chi connectivity index (χ1n) is 8.01. The van der Waals surface area contributed by atoms with Crippen molar-refractivity contribution in [3.05, 3.63) is 77.6 Å². The molecule has 2 aromatic carbocycles. The Labute approximate surface area is 157 Å². The van der Waals surface area contributed by atoms with Gasteiger partial charge < -0.3 is 10.1 Å². The highest BCUT2D eigenvalue weighted by atomic mass is 19.4. The number of nitrogens with zero attached hydrogens (tertiary/aromatic N) is 2. The maximum atomic E-state index is 12.6. The van der Waals surface area contributed by atoms with Crippen LogP contribution in [-0.4, -0.2) is 28.8 Å². The number of hydrogen-bond donors (Lipinski definition) is 1. The van der Waals surface area contributed by atoms with Crippen molar-refractivity contribution in [1.82, 2.24) is 9.78 Å². The van der Waals surface area contributed by atoms with E-state index in [2.05, 4.69) is 15.2 Å². The highest BCUT2D eigenvalue weighted by molar-refractivity contribution is 6.05. The summed E-state index contributed by atoms with van der Waals surface area (Å²) in [6.07, 6.45) is -3.33. The van der Waals surface area contributed by atoms with E-state index in [1.54, 1.807) is 18.2 Å². The van der Waals surface area contributed by atoms with Gasteiger partial charge in [0.2, 0.25) is 0 Å². The Morgan fingerprint density at radius 3 is 2.36 bits per heavy atom. The first-order chi connectivity index (χ1) is 13.3. The molecule has 3 rings (SSSR count). The molecule has 3 aromatic rings. The van der Waals surface area contributed by atoms with E-state index < -0.39 is 23.7 Å². The van der Waals surface area contributed by atoms with Crippen molar-refractivity contribution in [2.24, 2.45) is 0 Å². The average molecular weight is 389 g/mol. The standard InChI is InChI=1S/C19H14F3N3O3/c1-28-18(27)13-3-2-4-14(11-13)23-17(26)12-5-7-15(8-6-12)25-10-9-16(24-25)19(20,21)22/h2-11H,1H3,(H,23,26). The van der Waals surface area contributed by atoms with E-state index in [0.717, 1.165) is 10.7 Å². The third-order valence-electron chi connectivity index (χ3n) is 3.82. The van der Waals surface area contributed by atoms with E-state index in [9.17, 15) is 22.8 Å². The first kappa shape index (κ1) is 19.2. The molecule has 0 bridgehead atoms. The zero-order valence-corrected chi connectivity index (χ0v) is 14.5. The number of esters is 1. The van der Waals surface area contributed by atoms with Gasteiger partial charge in [0.15, 0.2) is 5.69 Å². The van der Waals surface area contributed by atoms with Crippen LogP contribution in [0.25, 0.3) is 5.69 Å². The van der Waals surface area contributed by atoms with E-state index in [1.807, 2.05) is 0 Å². The van der Waals surface area contributed by atoms with Gasteiger partial charge in [0.05, 0.1) is 18.4 Å². The number of rotatable bonds is 4. The molecule has 0 aliphatic rings. The maximum absolute atomic E-state index is 12.6. The van der Waals surface area contributed by atoms with Gasteiger partial charge in [-0.05, 0) is 48.5 Å². The highest BCUT2D eigenvalue weighted by Gasteiger charge is 2.33. The average Bonchev–Trinajstić information content (AvgIpc) is 3.18. The lowest BCUT2D eigenvalue weighted by atomic mass is 10.1. The lowest BCUT2D eigenvalue weighted by Crippen LogP contribution is -2.13. The molecule has 0 saturated carbocycles.